The largest absolute Gasteiger partial charge is 0.335 e. The van der Waals surface area contributed by atoms with Gasteiger partial charge in [-0.25, -0.2) is 0 Å². The van der Waals surface area contributed by atoms with Gasteiger partial charge in [0.15, 0.2) is 5.17 Å². The van der Waals surface area contributed by atoms with Crippen molar-refractivity contribution in [3.8, 4) is 0 Å². The molecular weight excluding hydrogens is 240 g/mol. The Bertz CT molecular complexity index is 487. The van der Waals surface area contributed by atoms with Gasteiger partial charge in [0.2, 0.25) is 0 Å². The van der Waals surface area contributed by atoms with E-state index in [0.29, 0.717) is 6.54 Å². The molecule has 0 aromatic heterocycles. The Morgan fingerprint density at radius 3 is 2.89 bits per heavy atom. The lowest BCUT2D eigenvalue weighted by Crippen LogP contribution is -2.29. The summed E-state index contributed by atoms with van der Waals surface area (Å²) < 4.78 is 0.266. The van der Waals surface area contributed by atoms with E-state index in [1.54, 1.807) is 0 Å². The number of benzene rings is 1. The lowest BCUT2D eigenvalue weighted by Gasteiger charge is -2.36. The molecule has 1 spiro atoms. The SMILES string of the molecule is C=CCN=C1Nc2ccccc2C2(CCCC2)S1. The van der Waals surface area contributed by atoms with Crippen LogP contribution in [0.25, 0.3) is 0 Å². The third-order valence-corrected chi connectivity index (χ3v) is 5.17. The van der Waals surface area contributed by atoms with Crippen molar-refractivity contribution in [1.82, 2.24) is 0 Å². The molecule has 0 bridgehead atoms. The predicted octanol–water partition coefficient (Wildman–Crippen LogP) is 4.16. The molecule has 94 valence electrons. The monoisotopic (exact) mass is 258 g/mol. The Morgan fingerprint density at radius 1 is 1.33 bits per heavy atom. The van der Waals surface area contributed by atoms with Crippen LogP contribution in [0.4, 0.5) is 5.69 Å². The van der Waals surface area contributed by atoms with Gasteiger partial charge in [-0.05, 0) is 24.5 Å². The van der Waals surface area contributed by atoms with Crippen LogP contribution in [0, 0.1) is 0 Å². The number of aliphatic imine (C=N–C) groups is 1. The van der Waals surface area contributed by atoms with Gasteiger partial charge in [-0.3, -0.25) is 4.99 Å². The molecule has 1 heterocycles. The Hall–Kier alpha value is -1.22. The van der Waals surface area contributed by atoms with Crippen LogP contribution in [0.2, 0.25) is 0 Å². The molecule has 1 aliphatic heterocycles. The predicted molar refractivity (Wildman–Crippen MR) is 80.3 cm³/mol. The van der Waals surface area contributed by atoms with E-state index in [1.807, 2.05) is 17.8 Å². The number of nitrogens with zero attached hydrogens (tertiary/aromatic N) is 1. The maximum Gasteiger partial charge on any atom is 0.162 e. The van der Waals surface area contributed by atoms with Gasteiger partial charge in [0.1, 0.15) is 0 Å². The Morgan fingerprint density at radius 2 is 2.11 bits per heavy atom. The van der Waals surface area contributed by atoms with Gasteiger partial charge in [0, 0.05) is 5.69 Å². The highest BCUT2D eigenvalue weighted by Crippen LogP contribution is 2.54. The molecule has 1 N–H and O–H groups in total. The normalized spacial score (nSPS) is 22.8. The van der Waals surface area contributed by atoms with Gasteiger partial charge in [0.25, 0.3) is 0 Å². The van der Waals surface area contributed by atoms with E-state index in [9.17, 15) is 0 Å². The number of fused-ring (bicyclic) bond motifs is 2. The fourth-order valence-corrected chi connectivity index (χ4v) is 4.36. The van der Waals surface area contributed by atoms with Gasteiger partial charge in [-0.1, -0.05) is 48.9 Å². The molecule has 1 saturated carbocycles. The van der Waals surface area contributed by atoms with Crippen LogP contribution >= 0.6 is 11.8 Å². The molecule has 3 heteroatoms. The summed E-state index contributed by atoms with van der Waals surface area (Å²) in [5.74, 6) is 0. The van der Waals surface area contributed by atoms with E-state index in [1.165, 1.54) is 36.9 Å². The number of hydrogen-bond acceptors (Lipinski definition) is 2. The van der Waals surface area contributed by atoms with Gasteiger partial charge >= 0.3 is 0 Å². The van der Waals surface area contributed by atoms with Crippen molar-refractivity contribution in [3.63, 3.8) is 0 Å². The minimum absolute atomic E-state index is 0.266. The van der Waals surface area contributed by atoms with Gasteiger partial charge in [-0.2, -0.15) is 0 Å². The molecule has 18 heavy (non-hydrogen) atoms. The summed E-state index contributed by atoms with van der Waals surface area (Å²) in [5.41, 5.74) is 2.70. The van der Waals surface area contributed by atoms with Crippen LogP contribution in [0.3, 0.4) is 0 Å². The van der Waals surface area contributed by atoms with Crippen molar-refractivity contribution in [1.29, 1.82) is 0 Å². The summed E-state index contributed by atoms with van der Waals surface area (Å²) >= 11 is 1.92. The Kier molecular flexibility index (Phi) is 3.16. The van der Waals surface area contributed by atoms with E-state index in [0.717, 1.165) is 5.17 Å². The number of anilines is 1. The lowest BCUT2D eigenvalue weighted by molar-refractivity contribution is 0.656. The fraction of sp³-hybridized carbons (Fsp3) is 0.400. The molecule has 2 aliphatic rings. The summed E-state index contributed by atoms with van der Waals surface area (Å²) in [5, 5.41) is 4.50. The van der Waals surface area contributed by atoms with Crippen LogP contribution in [0.1, 0.15) is 31.2 Å². The number of thioether (sulfide) groups is 1. The van der Waals surface area contributed by atoms with E-state index < -0.39 is 0 Å². The molecule has 0 unspecified atom stereocenters. The molecule has 3 rings (SSSR count). The first kappa shape index (κ1) is 11.8. The number of rotatable bonds is 2. The molecule has 0 saturated heterocycles. The van der Waals surface area contributed by atoms with Crippen LogP contribution in [-0.2, 0) is 4.75 Å². The number of para-hydroxylation sites is 1. The third-order valence-electron chi connectivity index (χ3n) is 3.73. The molecule has 0 radical (unpaired) electrons. The Labute approximate surface area is 113 Å². The minimum Gasteiger partial charge on any atom is -0.335 e. The fourth-order valence-electron chi connectivity index (χ4n) is 2.91. The van der Waals surface area contributed by atoms with Crippen LogP contribution in [0.5, 0.6) is 0 Å². The second-order valence-corrected chi connectivity index (χ2v) is 6.28. The van der Waals surface area contributed by atoms with Crippen molar-refractivity contribution in [2.75, 3.05) is 11.9 Å². The summed E-state index contributed by atoms with van der Waals surface area (Å²) in [4.78, 5) is 4.57. The van der Waals surface area contributed by atoms with E-state index in [-0.39, 0.29) is 4.75 Å². The zero-order chi connectivity index (χ0) is 12.4. The summed E-state index contributed by atoms with van der Waals surface area (Å²) in [6, 6.07) is 8.67. The lowest BCUT2D eigenvalue weighted by atomic mass is 9.94. The maximum absolute atomic E-state index is 4.57. The maximum atomic E-state index is 4.57. The average molecular weight is 258 g/mol. The van der Waals surface area contributed by atoms with Crippen molar-refractivity contribution < 1.29 is 0 Å². The minimum atomic E-state index is 0.266. The second kappa shape index (κ2) is 4.81. The molecule has 2 nitrogen and oxygen atoms in total. The van der Waals surface area contributed by atoms with Crippen LogP contribution < -0.4 is 5.32 Å². The van der Waals surface area contributed by atoms with Crippen molar-refractivity contribution in [3.05, 3.63) is 42.5 Å². The number of amidine groups is 1. The second-order valence-electron chi connectivity index (χ2n) is 4.91. The molecule has 0 atom stereocenters. The first-order valence-corrected chi connectivity index (χ1v) is 7.37. The van der Waals surface area contributed by atoms with Crippen LogP contribution in [-0.4, -0.2) is 11.7 Å². The third kappa shape index (κ3) is 1.97. The highest BCUT2D eigenvalue weighted by atomic mass is 32.2. The van der Waals surface area contributed by atoms with E-state index >= 15 is 0 Å². The standard InChI is InChI=1S/C15H18N2S/c1-2-11-16-14-17-13-8-4-3-7-12(13)15(18-14)9-5-6-10-15/h2-4,7-8H,1,5-6,9-11H2,(H,16,17). The van der Waals surface area contributed by atoms with Gasteiger partial charge in [0.05, 0.1) is 11.3 Å². The van der Waals surface area contributed by atoms with Gasteiger partial charge in [-0.15, -0.1) is 6.58 Å². The first-order valence-electron chi connectivity index (χ1n) is 6.55. The topological polar surface area (TPSA) is 24.4 Å². The van der Waals surface area contributed by atoms with E-state index in [4.69, 9.17) is 0 Å². The Balaban J connectivity index is 2.01. The molecule has 0 amide bonds. The summed E-state index contributed by atoms with van der Waals surface area (Å²) in [7, 11) is 0. The molecule has 1 aromatic rings. The summed E-state index contributed by atoms with van der Waals surface area (Å²) in [6.45, 7) is 4.42. The number of nitrogens with one attached hydrogen (secondary N) is 1. The smallest absolute Gasteiger partial charge is 0.162 e. The van der Waals surface area contributed by atoms with Crippen molar-refractivity contribution >= 4 is 22.6 Å². The van der Waals surface area contributed by atoms with Crippen molar-refractivity contribution in [2.24, 2.45) is 4.99 Å². The highest BCUT2D eigenvalue weighted by Gasteiger charge is 2.42. The number of hydrogen-bond donors (Lipinski definition) is 1. The van der Waals surface area contributed by atoms with E-state index in [2.05, 4.69) is 41.2 Å². The molecule has 1 fully saturated rings. The molecule has 1 aromatic carbocycles. The average Bonchev–Trinajstić information content (AvgIpc) is 2.86. The van der Waals surface area contributed by atoms with Crippen molar-refractivity contribution in [2.45, 2.75) is 30.4 Å². The quantitative estimate of drug-likeness (QED) is 0.806. The zero-order valence-corrected chi connectivity index (χ0v) is 11.3. The van der Waals surface area contributed by atoms with Crippen LogP contribution in [0.15, 0.2) is 41.9 Å². The highest BCUT2D eigenvalue weighted by molar-refractivity contribution is 8.15. The molecule has 1 aliphatic carbocycles. The van der Waals surface area contributed by atoms with Gasteiger partial charge < -0.3 is 5.32 Å². The summed E-state index contributed by atoms with van der Waals surface area (Å²) in [6.07, 6.45) is 7.04. The molecular formula is C15H18N2S. The zero-order valence-electron chi connectivity index (χ0n) is 10.5. The first-order chi connectivity index (χ1) is 8.84.